The molecule has 0 N–H and O–H groups in total. The predicted octanol–water partition coefficient (Wildman–Crippen LogP) is 4.03. The van der Waals surface area contributed by atoms with E-state index in [0.29, 0.717) is 19.3 Å². The van der Waals surface area contributed by atoms with Gasteiger partial charge >= 0.3 is 0 Å². The summed E-state index contributed by atoms with van der Waals surface area (Å²) in [5, 5.41) is 0. The van der Waals surface area contributed by atoms with Crippen molar-refractivity contribution in [2.45, 2.75) is 64.0 Å². The van der Waals surface area contributed by atoms with E-state index in [0.717, 1.165) is 24.9 Å². The summed E-state index contributed by atoms with van der Waals surface area (Å²) in [5.41, 5.74) is 2.33. The quantitative estimate of drug-likeness (QED) is 0.586. The second-order valence-corrected chi connectivity index (χ2v) is 10.7. The number of hydrogen-bond donors (Lipinski definition) is 0. The van der Waals surface area contributed by atoms with E-state index < -0.39 is 14.6 Å². The average Bonchev–Trinajstić information content (AvgIpc) is 2.51. The molecule has 1 aromatic carbocycles. The molecule has 0 amide bonds. The molecule has 0 bridgehead atoms. The summed E-state index contributed by atoms with van der Waals surface area (Å²) in [5.74, 6) is 0.471. The van der Waals surface area contributed by atoms with Crippen LogP contribution in [-0.4, -0.2) is 38.8 Å². The van der Waals surface area contributed by atoms with Crippen LogP contribution in [0.4, 0.5) is 5.69 Å². The molecule has 0 heterocycles. The minimum absolute atomic E-state index is 0.211. The number of Topliss-reactive ketones (excluding diaryl/α,β-unsaturated/α-hetero) is 1. The molecule has 4 nitrogen and oxygen atoms in total. The molecule has 5 heteroatoms. The minimum atomic E-state index is -3.04. The van der Waals surface area contributed by atoms with Crippen molar-refractivity contribution in [1.82, 2.24) is 0 Å². The third-order valence-electron chi connectivity index (χ3n) is 4.45. The van der Waals surface area contributed by atoms with Crippen LogP contribution in [-0.2, 0) is 21.1 Å². The lowest BCUT2D eigenvalue weighted by Crippen LogP contribution is -2.30. The number of unbranched alkanes of at least 4 members (excludes halogenated alkanes) is 2. The van der Waals surface area contributed by atoms with Gasteiger partial charge in [-0.25, -0.2) is 8.42 Å². The lowest BCUT2D eigenvalue weighted by Gasteiger charge is -2.18. The molecule has 0 saturated carbocycles. The van der Waals surface area contributed by atoms with Crippen LogP contribution in [0, 0.1) is 0 Å². The summed E-state index contributed by atoms with van der Waals surface area (Å²) >= 11 is 0. The van der Waals surface area contributed by atoms with Crippen LogP contribution >= 0.6 is 0 Å². The Bertz CT molecular complexity index is 641. The Morgan fingerprint density at radius 3 is 2.08 bits per heavy atom. The van der Waals surface area contributed by atoms with Crippen LogP contribution in [0.5, 0.6) is 0 Å². The van der Waals surface area contributed by atoms with Crippen LogP contribution in [0.2, 0.25) is 0 Å². The monoisotopic (exact) mass is 367 g/mol. The van der Waals surface area contributed by atoms with Crippen LogP contribution in [0.25, 0.3) is 0 Å². The second kappa shape index (κ2) is 9.37. The van der Waals surface area contributed by atoms with Gasteiger partial charge in [0.1, 0.15) is 5.78 Å². The molecule has 0 saturated heterocycles. The second-order valence-electron chi connectivity index (χ2n) is 7.84. The van der Waals surface area contributed by atoms with E-state index in [1.165, 1.54) is 5.56 Å². The number of anilines is 1. The van der Waals surface area contributed by atoms with Crippen molar-refractivity contribution >= 4 is 21.3 Å². The van der Waals surface area contributed by atoms with Gasteiger partial charge in [-0.05, 0) is 57.7 Å². The maximum absolute atomic E-state index is 12.0. The number of aryl methyl sites for hydroxylation is 1. The predicted molar refractivity (Wildman–Crippen MR) is 106 cm³/mol. The number of hydrogen-bond acceptors (Lipinski definition) is 4. The van der Waals surface area contributed by atoms with Crippen LogP contribution in [0.15, 0.2) is 24.3 Å². The van der Waals surface area contributed by atoms with Gasteiger partial charge in [-0.3, -0.25) is 4.79 Å². The van der Waals surface area contributed by atoms with Crippen LogP contribution in [0.3, 0.4) is 0 Å². The number of benzene rings is 1. The van der Waals surface area contributed by atoms with Gasteiger partial charge in [0.15, 0.2) is 9.84 Å². The molecule has 0 aromatic heterocycles. The molecule has 142 valence electrons. The van der Waals surface area contributed by atoms with Gasteiger partial charge in [-0.15, -0.1) is 0 Å². The number of rotatable bonds is 10. The fourth-order valence-electron chi connectivity index (χ4n) is 2.47. The Morgan fingerprint density at radius 1 is 0.960 bits per heavy atom. The molecule has 0 spiro atoms. The maximum Gasteiger partial charge on any atom is 0.155 e. The first-order valence-corrected chi connectivity index (χ1v) is 10.7. The van der Waals surface area contributed by atoms with Crippen molar-refractivity contribution in [2.24, 2.45) is 0 Å². The van der Waals surface area contributed by atoms with E-state index in [-0.39, 0.29) is 11.5 Å². The van der Waals surface area contributed by atoms with Crippen molar-refractivity contribution in [3.63, 3.8) is 0 Å². The topological polar surface area (TPSA) is 54.5 Å². The lowest BCUT2D eigenvalue weighted by atomic mass is 10.0. The molecule has 0 unspecified atom stereocenters. The van der Waals surface area contributed by atoms with Gasteiger partial charge in [0.05, 0.1) is 10.5 Å². The fourth-order valence-corrected chi connectivity index (χ4v) is 3.66. The third-order valence-corrected chi connectivity index (χ3v) is 7.14. The first-order chi connectivity index (χ1) is 11.5. The summed E-state index contributed by atoms with van der Waals surface area (Å²) in [6.07, 6.45) is 4.08. The van der Waals surface area contributed by atoms with E-state index in [4.69, 9.17) is 0 Å². The van der Waals surface area contributed by atoms with E-state index in [2.05, 4.69) is 29.2 Å². The fraction of sp³-hybridized carbons (Fsp3) is 0.650. The summed E-state index contributed by atoms with van der Waals surface area (Å²) in [7, 11) is 0.968. The Balaban J connectivity index is 2.23. The van der Waals surface area contributed by atoms with Crippen molar-refractivity contribution in [1.29, 1.82) is 0 Å². The first kappa shape index (κ1) is 21.7. The van der Waals surface area contributed by atoms with Crippen molar-refractivity contribution in [3.8, 4) is 0 Å². The highest BCUT2D eigenvalue weighted by atomic mass is 32.2. The highest BCUT2D eigenvalue weighted by Gasteiger charge is 2.27. The zero-order valence-electron chi connectivity index (χ0n) is 16.3. The summed E-state index contributed by atoms with van der Waals surface area (Å²) in [6.45, 7) is 5.20. The molecule has 1 rings (SSSR count). The van der Waals surface area contributed by atoms with Gasteiger partial charge < -0.3 is 4.90 Å². The molecule has 1 aromatic rings. The Hall–Kier alpha value is -1.36. The van der Waals surface area contributed by atoms with Crippen LogP contribution in [0.1, 0.15) is 58.4 Å². The Kier molecular flexibility index (Phi) is 8.13. The number of ketones is 1. The van der Waals surface area contributed by atoms with E-state index in [1.54, 1.807) is 20.8 Å². The summed E-state index contributed by atoms with van der Waals surface area (Å²) in [6, 6.07) is 8.27. The zero-order chi connectivity index (χ0) is 19.1. The zero-order valence-corrected chi connectivity index (χ0v) is 17.2. The summed E-state index contributed by atoms with van der Waals surface area (Å²) in [4.78, 5) is 14.0. The van der Waals surface area contributed by atoms with Crippen molar-refractivity contribution < 1.29 is 13.2 Å². The molecule has 0 aliphatic heterocycles. The number of carbonyl (C=O) groups excluding carboxylic acids is 1. The number of carbonyl (C=O) groups is 1. The van der Waals surface area contributed by atoms with Crippen molar-refractivity contribution in [2.75, 3.05) is 24.7 Å². The van der Waals surface area contributed by atoms with Gasteiger partial charge in [0, 0.05) is 32.6 Å². The Morgan fingerprint density at radius 2 is 1.56 bits per heavy atom. The number of sulfone groups is 1. The van der Waals surface area contributed by atoms with Crippen molar-refractivity contribution in [3.05, 3.63) is 29.8 Å². The van der Waals surface area contributed by atoms with E-state index in [9.17, 15) is 13.2 Å². The molecule has 0 aliphatic rings. The molecular formula is C20H33NO3S. The molecule has 25 heavy (non-hydrogen) atoms. The summed E-state index contributed by atoms with van der Waals surface area (Å²) < 4.78 is 23.3. The van der Waals surface area contributed by atoms with Gasteiger partial charge in [0.2, 0.25) is 0 Å². The van der Waals surface area contributed by atoms with Crippen LogP contribution < -0.4 is 4.90 Å². The van der Waals surface area contributed by atoms with E-state index >= 15 is 0 Å². The van der Waals surface area contributed by atoms with Gasteiger partial charge in [-0.2, -0.15) is 0 Å². The largest absolute Gasteiger partial charge is 0.378 e. The van der Waals surface area contributed by atoms with E-state index in [1.807, 2.05) is 14.1 Å². The molecule has 0 fully saturated rings. The standard InChI is InChI=1S/C20H33NO3S/c1-20(2,3)25(23,24)16-8-6-7-9-19(22)15-12-17-10-13-18(14-11-17)21(4)5/h10-11,13-14H,6-9,12,15-16H2,1-5H3. The highest BCUT2D eigenvalue weighted by Crippen LogP contribution is 2.18. The molecular weight excluding hydrogens is 334 g/mol. The number of nitrogens with zero attached hydrogens (tertiary/aromatic N) is 1. The SMILES string of the molecule is CN(C)c1ccc(CCC(=O)CCCCCS(=O)(=O)C(C)(C)C)cc1. The lowest BCUT2D eigenvalue weighted by molar-refractivity contribution is -0.119. The smallest absolute Gasteiger partial charge is 0.155 e. The molecule has 0 atom stereocenters. The minimum Gasteiger partial charge on any atom is -0.378 e. The third kappa shape index (κ3) is 7.59. The first-order valence-electron chi connectivity index (χ1n) is 9.03. The normalized spacial score (nSPS) is 12.2. The molecule has 0 aliphatic carbocycles. The average molecular weight is 368 g/mol. The highest BCUT2D eigenvalue weighted by molar-refractivity contribution is 7.92. The van der Waals surface area contributed by atoms with Gasteiger partial charge in [-0.1, -0.05) is 18.6 Å². The Labute approximate surface area is 153 Å². The maximum atomic E-state index is 12.0. The van der Waals surface area contributed by atoms with Gasteiger partial charge in [0.25, 0.3) is 0 Å². The molecule has 0 radical (unpaired) electrons.